The van der Waals surface area contributed by atoms with Gasteiger partial charge < -0.3 is 10.2 Å². The number of likely N-dealkylation sites (N-methyl/N-ethyl adjacent to an activating group) is 1. The van der Waals surface area contributed by atoms with Gasteiger partial charge in [0, 0.05) is 43.3 Å². The number of benzene rings is 2. The van der Waals surface area contributed by atoms with E-state index in [0.29, 0.717) is 12.1 Å². The third-order valence-corrected chi connectivity index (χ3v) is 5.95. The summed E-state index contributed by atoms with van der Waals surface area (Å²) in [6, 6.07) is 16.0. The molecule has 0 aliphatic carbocycles. The summed E-state index contributed by atoms with van der Waals surface area (Å²) in [7, 11) is 2.15. The summed E-state index contributed by atoms with van der Waals surface area (Å²) >= 11 is 6.08. The average molecular weight is 414 g/mol. The van der Waals surface area contributed by atoms with Gasteiger partial charge in [-0.2, -0.15) is 0 Å². The lowest BCUT2D eigenvalue weighted by molar-refractivity contribution is 0.0886. The van der Waals surface area contributed by atoms with Crippen molar-refractivity contribution in [1.82, 2.24) is 15.1 Å². The molecule has 1 aliphatic rings. The first-order valence-electron chi connectivity index (χ1n) is 10.3. The van der Waals surface area contributed by atoms with Crippen molar-refractivity contribution in [2.24, 2.45) is 0 Å². The highest BCUT2D eigenvalue weighted by molar-refractivity contribution is 6.30. The van der Waals surface area contributed by atoms with Crippen molar-refractivity contribution < 1.29 is 4.79 Å². The van der Waals surface area contributed by atoms with Crippen molar-refractivity contribution in [3.63, 3.8) is 0 Å². The van der Waals surface area contributed by atoms with Crippen LogP contribution < -0.4 is 5.32 Å². The Morgan fingerprint density at radius 2 is 1.59 bits per heavy atom. The van der Waals surface area contributed by atoms with Gasteiger partial charge in [-0.25, -0.2) is 0 Å². The molecule has 3 rings (SSSR count). The maximum Gasteiger partial charge on any atom is 0.251 e. The molecule has 1 aliphatic heterocycles. The van der Waals surface area contributed by atoms with Crippen LogP contribution in [0.15, 0.2) is 48.5 Å². The molecule has 1 fully saturated rings. The van der Waals surface area contributed by atoms with E-state index in [4.69, 9.17) is 11.6 Å². The van der Waals surface area contributed by atoms with Gasteiger partial charge in [-0.15, -0.1) is 0 Å². The number of halogens is 1. The smallest absolute Gasteiger partial charge is 0.251 e. The molecule has 0 radical (unpaired) electrons. The molecule has 0 saturated carbocycles. The highest BCUT2D eigenvalue weighted by atomic mass is 35.5. The zero-order chi connectivity index (χ0) is 21.0. The number of rotatable bonds is 5. The molecule has 156 valence electrons. The fraction of sp³-hybridized carbons (Fsp3) is 0.458. The minimum atomic E-state index is -0.0291. The van der Waals surface area contributed by atoms with Gasteiger partial charge in [0.25, 0.3) is 5.91 Å². The summed E-state index contributed by atoms with van der Waals surface area (Å²) in [5.41, 5.74) is 3.19. The van der Waals surface area contributed by atoms with E-state index in [1.807, 2.05) is 36.4 Å². The summed E-state index contributed by atoms with van der Waals surface area (Å²) in [5, 5.41) is 3.88. The molecule has 2 aromatic carbocycles. The molecule has 2 aromatic rings. The summed E-state index contributed by atoms with van der Waals surface area (Å²) in [5.74, 6) is -0.0291. The molecule has 0 spiro atoms. The second-order valence-corrected chi connectivity index (χ2v) is 9.38. The van der Waals surface area contributed by atoms with E-state index < -0.39 is 0 Å². The molecule has 1 amide bonds. The molecule has 29 heavy (non-hydrogen) atoms. The SMILES string of the molecule is CN1CCN([C@H](CNC(=O)c2ccc(C(C)(C)C)cc2)c2ccc(Cl)cc2)CC1. The molecule has 1 saturated heterocycles. The molecule has 1 heterocycles. The highest BCUT2D eigenvalue weighted by Gasteiger charge is 2.24. The number of nitrogens with zero attached hydrogens (tertiary/aromatic N) is 2. The van der Waals surface area contributed by atoms with Gasteiger partial charge in [0.05, 0.1) is 6.04 Å². The van der Waals surface area contributed by atoms with Crippen LogP contribution in [0.5, 0.6) is 0 Å². The Balaban J connectivity index is 1.70. The summed E-state index contributed by atoms with van der Waals surface area (Å²) in [6.45, 7) is 11.1. The third-order valence-electron chi connectivity index (χ3n) is 5.70. The predicted octanol–water partition coefficient (Wildman–Crippen LogP) is 4.36. The molecule has 1 atom stereocenters. The van der Waals surface area contributed by atoms with Crippen LogP contribution in [-0.4, -0.2) is 55.5 Å². The maximum atomic E-state index is 12.8. The number of hydrogen-bond donors (Lipinski definition) is 1. The molecule has 5 heteroatoms. The van der Waals surface area contributed by atoms with Crippen molar-refractivity contribution in [1.29, 1.82) is 0 Å². The van der Waals surface area contributed by atoms with Crippen molar-refractivity contribution >= 4 is 17.5 Å². The third kappa shape index (κ3) is 5.81. The lowest BCUT2D eigenvalue weighted by atomic mass is 9.87. The standard InChI is InChI=1S/C24H32ClN3O/c1-24(2,3)20-9-5-19(6-10-20)23(29)26-17-22(18-7-11-21(25)12-8-18)28-15-13-27(4)14-16-28/h5-12,22H,13-17H2,1-4H3,(H,26,29)/t22-/m1/s1. The first kappa shape index (κ1) is 21.8. The van der Waals surface area contributed by atoms with Crippen LogP contribution in [0.2, 0.25) is 5.02 Å². The first-order chi connectivity index (χ1) is 13.7. The first-order valence-corrected chi connectivity index (χ1v) is 10.7. The average Bonchev–Trinajstić information content (AvgIpc) is 2.70. The Morgan fingerprint density at radius 3 is 2.14 bits per heavy atom. The summed E-state index contributed by atoms with van der Waals surface area (Å²) in [4.78, 5) is 17.6. The van der Waals surface area contributed by atoms with E-state index in [2.05, 4.69) is 55.1 Å². The number of carbonyl (C=O) groups is 1. The normalized spacial score (nSPS) is 17.1. The Bertz CT molecular complexity index is 804. The van der Waals surface area contributed by atoms with E-state index in [-0.39, 0.29) is 17.4 Å². The van der Waals surface area contributed by atoms with Gasteiger partial charge >= 0.3 is 0 Å². The monoisotopic (exact) mass is 413 g/mol. The van der Waals surface area contributed by atoms with Crippen LogP contribution in [0, 0.1) is 0 Å². The van der Waals surface area contributed by atoms with Crippen LogP contribution in [-0.2, 0) is 5.41 Å². The Morgan fingerprint density at radius 1 is 1.00 bits per heavy atom. The van der Waals surface area contributed by atoms with Crippen LogP contribution in [0.25, 0.3) is 0 Å². The van der Waals surface area contributed by atoms with Gasteiger partial charge in [0.1, 0.15) is 0 Å². The van der Waals surface area contributed by atoms with E-state index in [0.717, 1.165) is 31.2 Å². The zero-order valence-corrected chi connectivity index (χ0v) is 18.7. The molecular weight excluding hydrogens is 382 g/mol. The van der Waals surface area contributed by atoms with E-state index in [1.165, 1.54) is 11.1 Å². The Kier molecular flexibility index (Phi) is 6.99. The summed E-state index contributed by atoms with van der Waals surface area (Å²) in [6.07, 6.45) is 0. The second kappa shape index (κ2) is 9.29. The Hall–Kier alpha value is -1.88. The predicted molar refractivity (Wildman–Crippen MR) is 121 cm³/mol. The molecule has 4 nitrogen and oxygen atoms in total. The van der Waals surface area contributed by atoms with Gasteiger partial charge in [-0.3, -0.25) is 9.69 Å². The molecule has 0 bridgehead atoms. The van der Waals surface area contributed by atoms with Crippen LogP contribution >= 0.6 is 11.6 Å². The maximum absolute atomic E-state index is 12.8. The van der Waals surface area contributed by atoms with E-state index in [9.17, 15) is 4.79 Å². The Labute approximate surface area is 179 Å². The minimum Gasteiger partial charge on any atom is -0.350 e. The van der Waals surface area contributed by atoms with E-state index >= 15 is 0 Å². The molecule has 1 N–H and O–H groups in total. The largest absolute Gasteiger partial charge is 0.350 e. The van der Waals surface area contributed by atoms with Gasteiger partial charge in [-0.05, 0) is 47.9 Å². The molecule has 0 aromatic heterocycles. The number of nitrogens with one attached hydrogen (secondary N) is 1. The fourth-order valence-electron chi connectivity index (χ4n) is 3.69. The van der Waals surface area contributed by atoms with Crippen LogP contribution in [0.1, 0.15) is 48.3 Å². The van der Waals surface area contributed by atoms with Crippen LogP contribution in [0.4, 0.5) is 0 Å². The minimum absolute atomic E-state index is 0.0291. The lowest BCUT2D eigenvalue weighted by Gasteiger charge is -2.38. The van der Waals surface area contributed by atoms with Crippen molar-refractivity contribution in [2.75, 3.05) is 39.8 Å². The number of amides is 1. The molecule has 0 unspecified atom stereocenters. The highest BCUT2D eigenvalue weighted by Crippen LogP contribution is 2.24. The van der Waals surface area contributed by atoms with Crippen molar-refractivity contribution in [3.8, 4) is 0 Å². The fourth-order valence-corrected chi connectivity index (χ4v) is 3.82. The van der Waals surface area contributed by atoms with Gasteiger partial charge in [-0.1, -0.05) is 56.6 Å². The van der Waals surface area contributed by atoms with Gasteiger partial charge in [0.2, 0.25) is 0 Å². The lowest BCUT2D eigenvalue weighted by Crippen LogP contribution is -2.48. The molecular formula is C24H32ClN3O. The number of piperazine rings is 1. The van der Waals surface area contributed by atoms with E-state index in [1.54, 1.807) is 0 Å². The van der Waals surface area contributed by atoms with Crippen molar-refractivity contribution in [2.45, 2.75) is 32.2 Å². The zero-order valence-electron chi connectivity index (χ0n) is 17.9. The number of hydrogen-bond acceptors (Lipinski definition) is 3. The van der Waals surface area contributed by atoms with Crippen LogP contribution in [0.3, 0.4) is 0 Å². The summed E-state index contributed by atoms with van der Waals surface area (Å²) < 4.78 is 0. The van der Waals surface area contributed by atoms with Gasteiger partial charge in [0.15, 0.2) is 0 Å². The number of carbonyl (C=O) groups excluding carboxylic acids is 1. The second-order valence-electron chi connectivity index (χ2n) is 8.94. The topological polar surface area (TPSA) is 35.6 Å². The quantitative estimate of drug-likeness (QED) is 0.791. The van der Waals surface area contributed by atoms with Crippen molar-refractivity contribution in [3.05, 3.63) is 70.2 Å².